The smallest absolute Gasteiger partial charge is 0.271 e. The van der Waals surface area contributed by atoms with E-state index in [1.807, 2.05) is 37.5 Å². The Hall–Kier alpha value is -3.35. The molecule has 0 atom stereocenters. The largest absolute Gasteiger partial charge is 0.508 e. The molecule has 3 aromatic rings. The third-order valence-electron chi connectivity index (χ3n) is 3.81. The first-order valence-corrected chi connectivity index (χ1v) is 7.71. The van der Waals surface area contributed by atoms with Crippen molar-refractivity contribution in [2.75, 3.05) is 0 Å². The SMILES string of the molecule is Cc1cc(-n2c(C)cc(/C=N\NC(=O)c3ccc(O)cc3)c2C)no1. The molecule has 7 nitrogen and oxygen atoms in total. The predicted octanol–water partition coefficient (Wildman–Crippen LogP) is 2.86. The fraction of sp³-hybridized carbons (Fsp3) is 0.167. The number of phenolic OH excluding ortho intramolecular Hbond substituents is 1. The molecule has 0 saturated carbocycles. The number of aryl methyl sites for hydroxylation is 2. The van der Waals surface area contributed by atoms with Crippen LogP contribution in [0.5, 0.6) is 5.75 Å². The first-order chi connectivity index (χ1) is 12.0. The van der Waals surface area contributed by atoms with Crippen molar-refractivity contribution in [1.82, 2.24) is 15.1 Å². The monoisotopic (exact) mass is 338 g/mol. The van der Waals surface area contributed by atoms with Crippen molar-refractivity contribution < 1.29 is 14.4 Å². The van der Waals surface area contributed by atoms with Gasteiger partial charge >= 0.3 is 0 Å². The Kier molecular flexibility index (Phi) is 4.38. The molecule has 0 unspecified atom stereocenters. The summed E-state index contributed by atoms with van der Waals surface area (Å²) < 4.78 is 7.09. The van der Waals surface area contributed by atoms with E-state index in [1.54, 1.807) is 6.21 Å². The Morgan fingerprint density at radius 1 is 1.24 bits per heavy atom. The molecule has 2 heterocycles. The lowest BCUT2D eigenvalue weighted by molar-refractivity contribution is 0.0955. The molecular formula is C18H18N4O3. The number of nitrogens with one attached hydrogen (secondary N) is 1. The maximum atomic E-state index is 12.0. The molecule has 2 aromatic heterocycles. The summed E-state index contributed by atoms with van der Waals surface area (Å²) in [5.74, 6) is 1.20. The van der Waals surface area contributed by atoms with E-state index in [0.717, 1.165) is 22.7 Å². The lowest BCUT2D eigenvalue weighted by Gasteiger charge is -2.03. The van der Waals surface area contributed by atoms with Gasteiger partial charge in [-0.15, -0.1) is 0 Å². The number of nitrogens with zero attached hydrogens (tertiary/aromatic N) is 3. The normalized spacial score (nSPS) is 11.2. The minimum absolute atomic E-state index is 0.107. The molecule has 128 valence electrons. The highest BCUT2D eigenvalue weighted by molar-refractivity contribution is 5.95. The van der Waals surface area contributed by atoms with Crippen LogP contribution < -0.4 is 5.43 Å². The van der Waals surface area contributed by atoms with E-state index in [2.05, 4.69) is 15.7 Å². The van der Waals surface area contributed by atoms with Gasteiger partial charge in [0.25, 0.3) is 5.91 Å². The molecule has 2 N–H and O–H groups in total. The number of amides is 1. The van der Waals surface area contributed by atoms with Gasteiger partial charge in [-0.2, -0.15) is 5.10 Å². The molecule has 0 aliphatic heterocycles. The highest BCUT2D eigenvalue weighted by Gasteiger charge is 2.12. The zero-order valence-electron chi connectivity index (χ0n) is 14.1. The van der Waals surface area contributed by atoms with Gasteiger partial charge in [0.2, 0.25) is 0 Å². The summed E-state index contributed by atoms with van der Waals surface area (Å²) in [5, 5.41) is 17.3. The molecule has 25 heavy (non-hydrogen) atoms. The number of hydrogen-bond donors (Lipinski definition) is 2. The molecule has 0 bridgehead atoms. The van der Waals surface area contributed by atoms with Crippen molar-refractivity contribution in [3.8, 4) is 11.6 Å². The third-order valence-corrected chi connectivity index (χ3v) is 3.81. The fourth-order valence-electron chi connectivity index (χ4n) is 2.57. The maximum Gasteiger partial charge on any atom is 0.271 e. The van der Waals surface area contributed by atoms with Gasteiger partial charge in [0.1, 0.15) is 11.5 Å². The second-order valence-electron chi connectivity index (χ2n) is 5.70. The van der Waals surface area contributed by atoms with Crippen molar-refractivity contribution in [3.05, 3.63) is 64.7 Å². The van der Waals surface area contributed by atoms with Crippen LogP contribution in [0.3, 0.4) is 0 Å². The van der Waals surface area contributed by atoms with Crippen LogP contribution in [0.4, 0.5) is 0 Å². The van der Waals surface area contributed by atoms with Crippen LogP contribution >= 0.6 is 0 Å². The quantitative estimate of drug-likeness (QED) is 0.565. The highest BCUT2D eigenvalue weighted by atomic mass is 16.5. The number of hydrogen-bond acceptors (Lipinski definition) is 5. The standard InChI is InChI=1S/C18H18N4O3/c1-11-8-15(13(3)22(11)17-9-12(2)25-21-17)10-19-20-18(24)14-4-6-16(23)7-5-14/h4-10,23H,1-3H3,(H,20,24)/b19-10-. The molecule has 1 amide bonds. The fourth-order valence-corrected chi connectivity index (χ4v) is 2.57. The molecule has 3 rings (SSSR count). The second-order valence-corrected chi connectivity index (χ2v) is 5.70. The number of carbonyl (C=O) groups is 1. The van der Waals surface area contributed by atoms with Gasteiger partial charge in [0, 0.05) is 28.6 Å². The summed E-state index contributed by atoms with van der Waals surface area (Å²) >= 11 is 0. The molecule has 0 saturated heterocycles. The summed E-state index contributed by atoms with van der Waals surface area (Å²) in [6.45, 7) is 5.75. The molecule has 0 spiro atoms. The Morgan fingerprint density at radius 2 is 1.96 bits per heavy atom. The van der Waals surface area contributed by atoms with Gasteiger partial charge in [-0.1, -0.05) is 5.16 Å². The Balaban J connectivity index is 1.76. The number of aromatic nitrogens is 2. The van der Waals surface area contributed by atoms with Gasteiger partial charge in [-0.05, 0) is 51.1 Å². The van der Waals surface area contributed by atoms with Gasteiger partial charge in [0.15, 0.2) is 5.82 Å². The molecule has 7 heteroatoms. The first kappa shape index (κ1) is 16.5. The van der Waals surface area contributed by atoms with Crippen molar-refractivity contribution in [2.24, 2.45) is 5.10 Å². The summed E-state index contributed by atoms with van der Waals surface area (Å²) in [6, 6.07) is 9.76. The van der Waals surface area contributed by atoms with Crippen molar-refractivity contribution >= 4 is 12.1 Å². The van der Waals surface area contributed by atoms with E-state index >= 15 is 0 Å². The summed E-state index contributed by atoms with van der Waals surface area (Å²) in [7, 11) is 0. The van der Waals surface area contributed by atoms with E-state index < -0.39 is 0 Å². The average Bonchev–Trinajstić information content (AvgIpc) is 3.11. The number of carbonyl (C=O) groups excluding carboxylic acids is 1. The van der Waals surface area contributed by atoms with Crippen LogP contribution in [0.25, 0.3) is 5.82 Å². The number of rotatable bonds is 4. The topological polar surface area (TPSA) is 92.7 Å². The molecule has 1 aromatic carbocycles. The predicted molar refractivity (Wildman–Crippen MR) is 93.2 cm³/mol. The zero-order chi connectivity index (χ0) is 18.0. The minimum Gasteiger partial charge on any atom is -0.508 e. The van der Waals surface area contributed by atoms with E-state index in [0.29, 0.717) is 11.4 Å². The van der Waals surface area contributed by atoms with Crippen LogP contribution in [-0.4, -0.2) is 27.0 Å². The van der Waals surface area contributed by atoms with Gasteiger partial charge < -0.3 is 9.63 Å². The Labute approximate surface area is 144 Å². The van der Waals surface area contributed by atoms with Crippen LogP contribution in [0.15, 0.2) is 46.0 Å². The van der Waals surface area contributed by atoms with Crippen molar-refractivity contribution in [3.63, 3.8) is 0 Å². The van der Waals surface area contributed by atoms with E-state index in [-0.39, 0.29) is 11.7 Å². The molecule has 0 aliphatic rings. The lowest BCUT2D eigenvalue weighted by Crippen LogP contribution is -2.17. The minimum atomic E-state index is -0.350. The summed E-state index contributed by atoms with van der Waals surface area (Å²) in [6.07, 6.45) is 1.59. The van der Waals surface area contributed by atoms with Crippen LogP contribution in [0.2, 0.25) is 0 Å². The number of phenols is 1. The zero-order valence-corrected chi connectivity index (χ0v) is 14.1. The second kappa shape index (κ2) is 6.64. The average molecular weight is 338 g/mol. The molecular weight excluding hydrogens is 320 g/mol. The first-order valence-electron chi connectivity index (χ1n) is 7.71. The van der Waals surface area contributed by atoms with E-state index in [4.69, 9.17) is 4.52 Å². The number of benzene rings is 1. The highest BCUT2D eigenvalue weighted by Crippen LogP contribution is 2.19. The van der Waals surface area contributed by atoms with Crippen LogP contribution in [0, 0.1) is 20.8 Å². The van der Waals surface area contributed by atoms with E-state index in [1.165, 1.54) is 24.3 Å². The van der Waals surface area contributed by atoms with Gasteiger partial charge in [0.05, 0.1) is 6.21 Å². The number of aromatic hydroxyl groups is 1. The van der Waals surface area contributed by atoms with Gasteiger partial charge in [-0.3, -0.25) is 9.36 Å². The van der Waals surface area contributed by atoms with Crippen molar-refractivity contribution in [1.29, 1.82) is 0 Å². The lowest BCUT2D eigenvalue weighted by atomic mass is 10.2. The summed E-state index contributed by atoms with van der Waals surface area (Å²) in [5.41, 5.74) is 5.67. The van der Waals surface area contributed by atoms with Crippen molar-refractivity contribution in [2.45, 2.75) is 20.8 Å². The van der Waals surface area contributed by atoms with Gasteiger partial charge in [-0.25, -0.2) is 5.43 Å². The molecule has 0 aliphatic carbocycles. The van der Waals surface area contributed by atoms with Crippen LogP contribution in [-0.2, 0) is 0 Å². The molecule has 0 radical (unpaired) electrons. The van der Waals surface area contributed by atoms with Crippen LogP contribution in [0.1, 0.15) is 33.1 Å². The maximum absolute atomic E-state index is 12.0. The summed E-state index contributed by atoms with van der Waals surface area (Å²) in [4.78, 5) is 12.0. The molecule has 0 fully saturated rings. The third kappa shape index (κ3) is 3.45. The Morgan fingerprint density at radius 3 is 2.60 bits per heavy atom. The Bertz CT molecular complexity index is 936. The number of hydrazone groups is 1. The van der Waals surface area contributed by atoms with E-state index in [9.17, 15) is 9.90 Å².